The van der Waals surface area contributed by atoms with E-state index in [0.717, 1.165) is 44.9 Å². The van der Waals surface area contributed by atoms with Gasteiger partial charge in [0.1, 0.15) is 36.6 Å². The molecule has 1 fully saturated rings. The lowest BCUT2D eigenvalue weighted by Gasteiger charge is -2.40. The highest BCUT2D eigenvalue weighted by Crippen LogP contribution is 2.24. The van der Waals surface area contributed by atoms with E-state index in [0.29, 0.717) is 12.8 Å². The summed E-state index contributed by atoms with van der Waals surface area (Å²) in [6, 6.07) is -1.19. The molecule has 11 heteroatoms. The van der Waals surface area contributed by atoms with E-state index in [1.165, 1.54) is 321 Å². The van der Waals surface area contributed by atoms with Crippen LogP contribution in [0.3, 0.4) is 0 Å². The van der Waals surface area contributed by atoms with E-state index in [-0.39, 0.29) is 12.8 Å². The molecule has 1 heterocycles. The second-order valence-electron chi connectivity index (χ2n) is 28.5. The zero-order valence-electron chi connectivity index (χ0n) is 60.6. The van der Waals surface area contributed by atoms with Crippen molar-refractivity contribution in [1.82, 2.24) is 5.32 Å². The first-order chi connectivity index (χ1) is 45.2. The van der Waals surface area contributed by atoms with Crippen molar-refractivity contribution in [3.05, 3.63) is 36.5 Å². The molecule has 0 saturated carbocycles. The highest BCUT2D eigenvalue weighted by Gasteiger charge is 2.44. The Kier molecular flexibility index (Phi) is 66.5. The zero-order valence-corrected chi connectivity index (χ0v) is 60.6. The number of allylic oxidation sites excluding steroid dienone is 6. The van der Waals surface area contributed by atoms with E-state index in [4.69, 9.17) is 9.47 Å². The van der Waals surface area contributed by atoms with Gasteiger partial charge in [0.15, 0.2) is 6.29 Å². The molecule has 0 aliphatic carbocycles. The van der Waals surface area contributed by atoms with E-state index < -0.39 is 74.2 Å². The Hall–Kier alpha value is -1.67. The van der Waals surface area contributed by atoms with Crippen LogP contribution in [-0.2, 0) is 14.3 Å². The summed E-state index contributed by atoms with van der Waals surface area (Å²) in [5.74, 6) is -0.700. The summed E-state index contributed by atoms with van der Waals surface area (Å²) in [5, 5.41) is 76.7. The van der Waals surface area contributed by atoms with E-state index in [1.54, 1.807) is 0 Å². The largest absolute Gasteiger partial charge is 0.394 e. The molecule has 1 aliphatic heterocycles. The molecule has 0 radical (unpaired) electrons. The number of aliphatic hydroxyl groups excluding tert-OH is 7. The van der Waals surface area contributed by atoms with Gasteiger partial charge in [0.05, 0.1) is 25.4 Å². The Morgan fingerprint density at radius 3 is 1.00 bits per heavy atom. The van der Waals surface area contributed by atoms with Crippen LogP contribution >= 0.6 is 0 Å². The Labute approximate surface area is 568 Å². The van der Waals surface area contributed by atoms with Crippen LogP contribution in [0, 0.1) is 0 Å². The number of carbonyl (C=O) groups excluding carboxylic acids is 1. The normalized spacial score (nSPS) is 18.5. The third-order valence-electron chi connectivity index (χ3n) is 19.7. The van der Waals surface area contributed by atoms with Gasteiger partial charge in [-0.3, -0.25) is 4.79 Å². The fourth-order valence-corrected chi connectivity index (χ4v) is 13.2. The fourth-order valence-electron chi connectivity index (χ4n) is 13.2. The maximum absolute atomic E-state index is 13.3. The van der Waals surface area contributed by atoms with Gasteiger partial charge >= 0.3 is 0 Å². The average molecular weight is 1300 g/mol. The van der Waals surface area contributed by atoms with Crippen LogP contribution in [0.25, 0.3) is 0 Å². The van der Waals surface area contributed by atoms with Crippen molar-refractivity contribution in [1.29, 1.82) is 0 Å². The molecule has 544 valence electrons. The first-order valence-corrected chi connectivity index (χ1v) is 40.4. The third kappa shape index (κ3) is 55.3. The summed E-state index contributed by atoms with van der Waals surface area (Å²) in [5.41, 5.74) is 0. The number of nitrogens with one attached hydrogen (secondary N) is 1. The molecule has 0 spiro atoms. The summed E-state index contributed by atoms with van der Waals surface area (Å²) in [7, 11) is 0. The third-order valence-corrected chi connectivity index (χ3v) is 19.7. The van der Waals surface area contributed by atoms with Crippen molar-refractivity contribution in [2.75, 3.05) is 13.2 Å². The van der Waals surface area contributed by atoms with Crippen molar-refractivity contribution in [3.63, 3.8) is 0 Å². The number of ether oxygens (including phenoxy) is 2. The number of rotatable bonds is 72. The van der Waals surface area contributed by atoms with Gasteiger partial charge in [-0.05, 0) is 70.6 Å². The van der Waals surface area contributed by atoms with Crippen LogP contribution in [0.2, 0.25) is 0 Å². The number of aliphatic hydroxyl groups is 7. The smallest absolute Gasteiger partial charge is 0.249 e. The monoisotopic (exact) mass is 1300 g/mol. The molecule has 0 aromatic heterocycles. The van der Waals surface area contributed by atoms with Crippen LogP contribution in [0.5, 0.6) is 0 Å². The summed E-state index contributed by atoms with van der Waals surface area (Å²) in [6.07, 6.45) is 79.9. The molecule has 0 bridgehead atoms. The lowest BCUT2D eigenvalue weighted by Crippen LogP contribution is -2.60. The van der Waals surface area contributed by atoms with Crippen LogP contribution in [-0.4, -0.2) is 110 Å². The minimum Gasteiger partial charge on any atom is -0.394 e. The summed E-state index contributed by atoms with van der Waals surface area (Å²) in [4.78, 5) is 13.3. The average Bonchev–Trinajstić information content (AvgIpc) is 0.997. The number of unbranched alkanes of at least 4 members (excludes halogenated alkanes) is 54. The summed E-state index contributed by atoms with van der Waals surface area (Å²) >= 11 is 0. The molecule has 0 aromatic rings. The molecule has 0 aromatic carbocycles. The SMILES string of the molecule is CCCCCCCCCCCCCCCCC/C=C\C/C=C\CCCCCCCCCCCCCCCCCCC(O)C(=O)NC(COC1OC(CO)C(O)C(O)C1O)C(O)C(O)CCC/C=C/CCCCCCCCCCCCCCCCCCCCCCCC. The Balaban J connectivity index is 2.13. The van der Waals surface area contributed by atoms with E-state index >= 15 is 0 Å². The fraction of sp³-hybridized carbons (Fsp3) is 0.914. The van der Waals surface area contributed by atoms with Crippen LogP contribution in [0.15, 0.2) is 36.5 Å². The van der Waals surface area contributed by atoms with E-state index in [1.807, 2.05) is 0 Å². The van der Waals surface area contributed by atoms with Crippen LogP contribution in [0.1, 0.15) is 406 Å². The van der Waals surface area contributed by atoms with Crippen molar-refractivity contribution in [3.8, 4) is 0 Å². The standard InChI is InChI=1S/C81H155NO10/c1-3-5-7-9-11-13-15-17-19-21-23-25-27-29-31-32-33-34-35-36-37-38-39-40-41-43-45-47-49-51-53-55-57-59-61-63-65-67-69-74(85)80(90)82-72(71-91-81-79(89)78(88)77(87)75(70-83)92-81)76(86)73(84)68-66-64-62-60-58-56-54-52-50-48-46-44-42-30-28-26-24-22-20-18-16-14-12-10-8-6-4-2/h33-34,36-37,60,62,72-79,81,83-89H,3-32,35,38-59,61,63-71H2,1-2H3,(H,82,90)/b34-33-,37-36-,62-60+. The van der Waals surface area contributed by atoms with Crippen LogP contribution < -0.4 is 5.32 Å². The van der Waals surface area contributed by atoms with Crippen molar-refractivity contribution in [2.24, 2.45) is 0 Å². The maximum Gasteiger partial charge on any atom is 0.249 e. The minimum absolute atomic E-state index is 0.256. The lowest BCUT2D eigenvalue weighted by atomic mass is 9.98. The topological polar surface area (TPSA) is 189 Å². The van der Waals surface area contributed by atoms with Gasteiger partial charge in [0.2, 0.25) is 5.91 Å². The molecule has 9 unspecified atom stereocenters. The molecule has 1 amide bonds. The second kappa shape index (κ2) is 69.2. The highest BCUT2D eigenvalue weighted by atomic mass is 16.7. The van der Waals surface area contributed by atoms with Gasteiger partial charge in [-0.25, -0.2) is 0 Å². The molecule has 1 aliphatic rings. The van der Waals surface area contributed by atoms with Gasteiger partial charge in [0, 0.05) is 0 Å². The number of amides is 1. The first kappa shape index (κ1) is 88.3. The van der Waals surface area contributed by atoms with E-state index in [2.05, 4.69) is 55.6 Å². The van der Waals surface area contributed by atoms with Crippen molar-refractivity contribution >= 4 is 5.91 Å². The Morgan fingerprint density at radius 2 is 0.674 bits per heavy atom. The molecule has 11 nitrogen and oxygen atoms in total. The molecule has 9 atom stereocenters. The summed E-state index contributed by atoms with van der Waals surface area (Å²) < 4.78 is 11.2. The molecular weight excluding hydrogens is 1150 g/mol. The van der Waals surface area contributed by atoms with Crippen LogP contribution in [0.4, 0.5) is 0 Å². The van der Waals surface area contributed by atoms with Gasteiger partial charge in [-0.1, -0.05) is 371 Å². The quantitative estimate of drug-likeness (QED) is 0.0215. The predicted molar refractivity (Wildman–Crippen MR) is 390 cm³/mol. The molecule has 92 heavy (non-hydrogen) atoms. The van der Waals surface area contributed by atoms with Gasteiger partial charge in [-0.2, -0.15) is 0 Å². The highest BCUT2D eigenvalue weighted by molar-refractivity contribution is 5.80. The second-order valence-corrected chi connectivity index (χ2v) is 28.5. The van der Waals surface area contributed by atoms with Crippen molar-refractivity contribution in [2.45, 2.75) is 461 Å². The molecule has 8 N–H and O–H groups in total. The Morgan fingerprint density at radius 1 is 0.380 bits per heavy atom. The predicted octanol–water partition coefficient (Wildman–Crippen LogP) is 20.9. The first-order valence-electron chi connectivity index (χ1n) is 40.4. The Bertz CT molecular complexity index is 1590. The molecule has 1 rings (SSSR count). The summed E-state index contributed by atoms with van der Waals surface area (Å²) in [6.45, 7) is 3.51. The van der Waals surface area contributed by atoms with Gasteiger partial charge in [0.25, 0.3) is 0 Å². The van der Waals surface area contributed by atoms with Gasteiger partial charge < -0.3 is 50.5 Å². The number of hydrogen-bond acceptors (Lipinski definition) is 10. The number of hydrogen-bond donors (Lipinski definition) is 8. The lowest BCUT2D eigenvalue weighted by molar-refractivity contribution is -0.303. The van der Waals surface area contributed by atoms with E-state index in [9.17, 15) is 40.5 Å². The number of carbonyl (C=O) groups is 1. The van der Waals surface area contributed by atoms with Gasteiger partial charge in [-0.15, -0.1) is 0 Å². The maximum atomic E-state index is 13.3. The van der Waals surface area contributed by atoms with Crippen molar-refractivity contribution < 1.29 is 50.0 Å². The zero-order chi connectivity index (χ0) is 66.7. The molecule has 1 saturated heterocycles. The minimum atomic E-state index is -1.67. The molecular formula is C81H155NO10.